The van der Waals surface area contributed by atoms with Crippen molar-refractivity contribution in [2.45, 2.75) is 20.3 Å². The minimum Gasteiger partial charge on any atom is -0.378 e. The fraction of sp³-hybridized carbons (Fsp3) is 0.292. The normalized spacial score (nSPS) is 18.5. The van der Waals surface area contributed by atoms with Gasteiger partial charge in [0.2, 0.25) is 0 Å². The van der Waals surface area contributed by atoms with Crippen LogP contribution in [0.2, 0.25) is 0 Å². The molecule has 2 saturated heterocycles. The molecule has 0 unspecified atom stereocenters. The Morgan fingerprint density at radius 3 is 2.52 bits per heavy atom. The lowest BCUT2D eigenvalue weighted by molar-refractivity contribution is -0.122. The van der Waals surface area contributed by atoms with Crippen LogP contribution in [-0.4, -0.2) is 44.1 Å². The van der Waals surface area contributed by atoms with Gasteiger partial charge in [0.25, 0.3) is 11.8 Å². The van der Waals surface area contributed by atoms with Gasteiger partial charge in [0, 0.05) is 18.8 Å². The molecule has 4 rings (SSSR count). The number of hydrogen-bond acceptors (Lipinski definition) is 5. The van der Waals surface area contributed by atoms with E-state index >= 15 is 0 Å². The summed E-state index contributed by atoms with van der Waals surface area (Å²) in [6.07, 6.45) is 2.21. The highest BCUT2D eigenvalue weighted by atomic mass is 16.5. The SMILES string of the molecule is CCc1ccccc1N1C(=O)NC(=O)/C(=C\c2ccc(N3CCOCC3)cc2C)C1=O. The second-order valence-corrected chi connectivity index (χ2v) is 7.58. The van der Waals surface area contributed by atoms with Gasteiger partial charge < -0.3 is 9.64 Å². The number of para-hydroxylation sites is 1. The first kappa shape index (κ1) is 20.8. The zero-order chi connectivity index (χ0) is 22.0. The van der Waals surface area contributed by atoms with E-state index in [2.05, 4.69) is 10.2 Å². The van der Waals surface area contributed by atoms with E-state index in [9.17, 15) is 14.4 Å². The van der Waals surface area contributed by atoms with Crippen LogP contribution >= 0.6 is 0 Å². The first-order valence-electron chi connectivity index (χ1n) is 10.4. The molecule has 0 spiro atoms. The molecule has 160 valence electrons. The molecule has 2 aliphatic heterocycles. The van der Waals surface area contributed by atoms with Crippen molar-refractivity contribution in [2.24, 2.45) is 0 Å². The number of imide groups is 2. The van der Waals surface area contributed by atoms with E-state index in [1.54, 1.807) is 18.2 Å². The topological polar surface area (TPSA) is 79.0 Å². The van der Waals surface area contributed by atoms with Crippen molar-refractivity contribution >= 4 is 35.3 Å². The molecule has 2 aromatic carbocycles. The predicted octanol–water partition coefficient (Wildman–Crippen LogP) is 3.06. The molecule has 2 aliphatic rings. The van der Waals surface area contributed by atoms with Gasteiger partial charge in [-0.3, -0.25) is 14.9 Å². The maximum absolute atomic E-state index is 13.2. The predicted molar refractivity (Wildman–Crippen MR) is 119 cm³/mol. The van der Waals surface area contributed by atoms with Crippen molar-refractivity contribution in [3.8, 4) is 0 Å². The van der Waals surface area contributed by atoms with Gasteiger partial charge in [-0.2, -0.15) is 0 Å². The van der Waals surface area contributed by atoms with E-state index < -0.39 is 17.8 Å². The lowest BCUT2D eigenvalue weighted by Crippen LogP contribution is -2.54. The summed E-state index contributed by atoms with van der Waals surface area (Å²) in [5.41, 5.74) is 4.06. The number of benzene rings is 2. The lowest BCUT2D eigenvalue weighted by Gasteiger charge is -2.29. The van der Waals surface area contributed by atoms with Gasteiger partial charge >= 0.3 is 6.03 Å². The zero-order valence-electron chi connectivity index (χ0n) is 17.7. The van der Waals surface area contributed by atoms with E-state index in [-0.39, 0.29) is 5.57 Å². The molecule has 0 aliphatic carbocycles. The third-order valence-electron chi connectivity index (χ3n) is 5.64. The Bertz CT molecular complexity index is 1070. The van der Waals surface area contributed by atoms with Crippen LogP contribution in [0.5, 0.6) is 0 Å². The van der Waals surface area contributed by atoms with Gasteiger partial charge in [0.05, 0.1) is 18.9 Å². The van der Waals surface area contributed by atoms with E-state index in [0.29, 0.717) is 25.3 Å². The number of urea groups is 1. The number of ether oxygens (including phenoxy) is 1. The van der Waals surface area contributed by atoms with Crippen LogP contribution in [0.25, 0.3) is 6.08 Å². The molecule has 7 heteroatoms. The number of hydrogen-bond donors (Lipinski definition) is 1. The molecule has 4 amide bonds. The molecule has 0 aromatic heterocycles. The zero-order valence-corrected chi connectivity index (χ0v) is 17.7. The standard InChI is InChI=1S/C24H25N3O4/c1-3-17-6-4-5-7-21(17)27-23(29)20(22(28)25-24(27)30)15-18-8-9-19(14-16(18)2)26-10-12-31-13-11-26/h4-9,14-15H,3,10-13H2,1-2H3,(H,25,28,30)/b20-15+. The third-order valence-corrected chi connectivity index (χ3v) is 5.64. The van der Waals surface area contributed by atoms with Gasteiger partial charge in [-0.25, -0.2) is 9.69 Å². The Morgan fingerprint density at radius 2 is 1.81 bits per heavy atom. The summed E-state index contributed by atoms with van der Waals surface area (Å²) in [6.45, 7) is 6.94. The second kappa shape index (κ2) is 8.73. The van der Waals surface area contributed by atoms with Gasteiger partial charge in [-0.15, -0.1) is 0 Å². The third kappa shape index (κ3) is 4.09. The van der Waals surface area contributed by atoms with E-state index in [1.165, 1.54) is 0 Å². The number of nitrogens with one attached hydrogen (secondary N) is 1. The molecule has 0 atom stereocenters. The highest BCUT2D eigenvalue weighted by Crippen LogP contribution is 2.27. The summed E-state index contributed by atoms with van der Waals surface area (Å²) in [4.78, 5) is 41.5. The van der Waals surface area contributed by atoms with E-state index in [0.717, 1.165) is 40.4 Å². The fourth-order valence-corrected chi connectivity index (χ4v) is 3.90. The number of amides is 4. The molecule has 0 saturated carbocycles. The molecule has 0 radical (unpaired) electrons. The number of carbonyl (C=O) groups is 3. The molecule has 2 fully saturated rings. The summed E-state index contributed by atoms with van der Waals surface area (Å²) in [6, 6.07) is 12.4. The lowest BCUT2D eigenvalue weighted by atomic mass is 10.0. The molecule has 1 N–H and O–H groups in total. The highest BCUT2D eigenvalue weighted by molar-refractivity contribution is 6.39. The van der Waals surface area contributed by atoms with E-state index in [1.807, 2.05) is 44.2 Å². The maximum Gasteiger partial charge on any atom is 0.335 e. The number of aryl methyl sites for hydroxylation is 2. The van der Waals surface area contributed by atoms with Crippen LogP contribution in [0.15, 0.2) is 48.0 Å². The maximum atomic E-state index is 13.2. The quantitative estimate of drug-likeness (QED) is 0.609. The number of nitrogens with zero attached hydrogens (tertiary/aromatic N) is 2. The van der Waals surface area contributed by atoms with Crippen LogP contribution in [0.1, 0.15) is 23.6 Å². The molecular weight excluding hydrogens is 394 g/mol. The van der Waals surface area contributed by atoms with Crippen molar-refractivity contribution in [3.63, 3.8) is 0 Å². The minimum absolute atomic E-state index is 0.0623. The monoisotopic (exact) mass is 419 g/mol. The van der Waals surface area contributed by atoms with Crippen molar-refractivity contribution in [1.29, 1.82) is 0 Å². The Balaban J connectivity index is 1.67. The molecule has 2 aromatic rings. The number of anilines is 2. The highest BCUT2D eigenvalue weighted by Gasteiger charge is 2.37. The second-order valence-electron chi connectivity index (χ2n) is 7.58. The first-order chi connectivity index (χ1) is 15.0. The first-order valence-corrected chi connectivity index (χ1v) is 10.4. The Labute approximate surface area is 181 Å². The van der Waals surface area contributed by atoms with Crippen molar-refractivity contribution in [3.05, 3.63) is 64.7 Å². The summed E-state index contributed by atoms with van der Waals surface area (Å²) in [5.74, 6) is -1.30. The van der Waals surface area contributed by atoms with E-state index in [4.69, 9.17) is 4.74 Å². The summed E-state index contributed by atoms with van der Waals surface area (Å²) in [5, 5.41) is 2.30. The smallest absolute Gasteiger partial charge is 0.335 e. The Kier molecular flexibility index (Phi) is 5.86. The van der Waals surface area contributed by atoms with Gasteiger partial charge in [-0.05, 0) is 54.3 Å². The molecule has 2 heterocycles. The summed E-state index contributed by atoms with van der Waals surface area (Å²) in [7, 11) is 0. The number of carbonyl (C=O) groups excluding carboxylic acids is 3. The molecule has 7 nitrogen and oxygen atoms in total. The Morgan fingerprint density at radius 1 is 1.06 bits per heavy atom. The fourth-order valence-electron chi connectivity index (χ4n) is 3.90. The number of rotatable bonds is 4. The summed E-state index contributed by atoms with van der Waals surface area (Å²) < 4.78 is 5.41. The minimum atomic E-state index is -0.729. The van der Waals surface area contributed by atoms with Crippen LogP contribution in [0.4, 0.5) is 16.2 Å². The van der Waals surface area contributed by atoms with Crippen LogP contribution < -0.4 is 15.1 Å². The average Bonchev–Trinajstić information content (AvgIpc) is 2.78. The Hall–Kier alpha value is -3.45. The largest absolute Gasteiger partial charge is 0.378 e. The number of barbiturate groups is 1. The molecular formula is C24H25N3O4. The van der Waals surface area contributed by atoms with Crippen LogP contribution in [0, 0.1) is 6.92 Å². The van der Waals surface area contributed by atoms with Crippen molar-refractivity contribution in [2.75, 3.05) is 36.1 Å². The molecule has 31 heavy (non-hydrogen) atoms. The summed E-state index contributed by atoms with van der Waals surface area (Å²) >= 11 is 0. The van der Waals surface area contributed by atoms with Gasteiger partial charge in [-0.1, -0.05) is 31.2 Å². The van der Waals surface area contributed by atoms with Crippen molar-refractivity contribution < 1.29 is 19.1 Å². The van der Waals surface area contributed by atoms with Gasteiger partial charge in [0.1, 0.15) is 5.57 Å². The van der Waals surface area contributed by atoms with Gasteiger partial charge in [0.15, 0.2) is 0 Å². The average molecular weight is 419 g/mol. The van der Waals surface area contributed by atoms with Crippen LogP contribution in [0.3, 0.4) is 0 Å². The molecule has 0 bridgehead atoms. The number of morpholine rings is 1. The van der Waals surface area contributed by atoms with Crippen LogP contribution in [-0.2, 0) is 20.7 Å². The van der Waals surface area contributed by atoms with Crippen molar-refractivity contribution in [1.82, 2.24) is 5.32 Å².